The van der Waals surface area contributed by atoms with Crippen LogP contribution in [0.4, 0.5) is 0 Å². The minimum atomic E-state index is 0.779. The van der Waals surface area contributed by atoms with Crippen molar-refractivity contribution in [1.82, 2.24) is 9.55 Å². The summed E-state index contributed by atoms with van der Waals surface area (Å²) in [4.78, 5) is 4.81. The summed E-state index contributed by atoms with van der Waals surface area (Å²) in [6, 6.07) is 27.8. The van der Waals surface area contributed by atoms with Crippen molar-refractivity contribution in [2.24, 2.45) is 0 Å². The van der Waals surface area contributed by atoms with Gasteiger partial charge in [0.1, 0.15) is 25.5 Å². The molecule has 0 atom stereocenters. The van der Waals surface area contributed by atoms with Crippen molar-refractivity contribution in [3.63, 3.8) is 0 Å². The smallest absolute Gasteiger partial charge is 0.249 e. The lowest BCUT2D eigenvalue weighted by Gasteiger charge is -2.05. The van der Waals surface area contributed by atoms with E-state index in [0.717, 1.165) is 24.3 Å². The summed E-state index contributed by atoms with van der Waals surface area (Å²) in [5.74, 6) is 1.23. The second-order valence-corrected chi connectivity index (χ2v) is 7.28. The first-order valence-electron chi connectivity index (χ1n) is 9.64. The van der Waals surface area contributed by atoms with Gasteiger partial charge in [-0.25, -0.2) is 14.1 Å². The summed E-state index contributed by atoms with van der Waals surface area (Å²) in [6.45, 7) is 3.82. The van der Waals surface area contributed by atoms with Gasteiger partial charge in [-0.1, -0.05) is 60.7 Å². The highest BCUT2D eigenvalue weighted by atomic mass is 15.1. The molecule has 28 heavy (non-hydrogen) atoms. The molecule has 0 saturated carbocycles. The normalized spacial score (nSPS) is 11.3. The average molecular weight is 364 g/mol. The molecule has 0 aliphatic heterocycles. The molecular weight excluding hydrogens is 342 g/mol. The number of hydrogen-bond acceptors (Lipinski definition) is 1. The van der Waals surface area contributed by atoms with Crippen LogP contribution < -0.4 is 4.57 Å². The quantitative estimate of drug-likeness (QED) is 0.417. The molecule has 0 aliphatic rings. The molecule has 0 bridgehead atoms. The zero-order valence-corrected chi connectivity index (χ0v) is 15.9. The molecule has 2 heterocycles. The van der Waals surface area contributed by atoms with Crippen molar-refractivity contribution in [3.05, 3.63) is 108 Å². The lowest BCUT2D eigenvalue weighted by atomic mass is 10.1. The maximum atomic E-state index is 4.81. The van der Waals surface area contributed by atoms with E-state index in [1.807, 2.05) is 6.07 Å². The van der Waals surface area contributed by atoms with Gasteiger partial charge >= 0.3 is 0 Å². The number of nitrogens with zero attached hydrogens (tertiary/aromatic N) is 3. The third-order valence-electron chi connectivity index (χ3n) is 5.41. The highest BCUT2D eigenvalue weighted by molar-refractivity contribution is 5.83. The predicted octanol–water partition coefficient (Wildman–Crippen LogP) is 4.88. The van der Waals surface area contributed by atoms with E-state index < -0.39 is 0 Å². The highest BCUT2D eigenvalue weighted by Gasteiger charge is 2.14. The van der Waals surface area contributed by atoms with Crippen molar-refractivity contribution in [2.45, 2.75) is 20.0 Å². The van der Waals surface area contributed by atoms with E-state index in [9.17, 15) is 0 Å². The van der Waals surface area contributed by atoms with Gasteiger partial charge in [-0.2, -0.15) is 0 Å². The Labute approximate surface area is 164 Å². The van der Waals surface area contributed by atoms with Gasteiger partial charge in [0, 0.05) is 12.3 Å². The molecule has 0 amide bonds. The maximum absolute atomic E-state index is 4.81. The zero-order valence-electron chi connectivity index (χ0n) is 15.9. The lowest BCUT2D eigenvalue weighted by Crippen LogP contribution is -2.36. The Hall–Kier alpha value is -3.46. The van der Waals surface area contributed by atoms with E-state index in [2.05, 4.69) is 101 Å². The summed E-state index contributed by atoms with van der Waals surface area (Å²) >= 11 is 0. The van der Waals surface area contributed by atoms with Gasteiger partial charge in [-0.05, 0) is 34.5 Å². The van der Waals surface area contributed by atoms with Crippen molar-refractivity contribution >= 4 is 21.7 Å². The first-order chi connectivity index (χ1) is 13.8. The van der Waals surface area contributed by atoms with E-state index in [-0.39, 0.29) is 0 Å². The molecule has 0 spiro atoms. The van der Waals surface area contributed by atoms with E-state index >= 15 is 0 Å². The van der Waals surface area contributed by atoms with Crippen LogP contribution in [0.1, 0.15) is 17.1 Å². The molecular formula is C25H22N3+. The van der Waals surface area contributed by atoms with Crippen LogP contribution in [0.15, 0.2) is 91.3 Å². The van der Waals surface area contributed by atoms with Gasteiger partial charge in [-0.3, -0.25) is 0 Å². The Balaban J connectivity index is 1.40. The molecule has 5 aromatic rings. The molecule has 0 N–H and O–H groups in total. The van der Waals surface area contributed by atoms with Crippen LogP contribution >= 0.6 is 0 Å². The van der Waals surface area contributed by atoms with Gasteiger partial charge in [0.05, 0.1) is 11.2 Å². The highest BCUT2D eigenvalue weighted by Crippen LogP contribution is 2.16. The number of rotatable bonds is 4. The topological polar surface area (TPSA) is 21.7 Å². The zero-order chi connectivity index (χ0) is 18.9. The largest absolute Gasteiger partial charge is 0.253 e. The van der Waals surface area contributed by atoms with Crippen molar-refractivity contribution in [2.75, 3.05) is 0 Å². The van der Waals surface area contributed by atoms with Crippen LogP contribution in [0.3, 0.4) is 0 Å². The number of pyridine rings is 1. The van der Waals surface area contributed by atoms with Gasteiger partial charge in [0.25, 0.3) is 5.82 Å². The molecule has 0 fully saturated rings. The number of hydrogen-bond donors (Lipinski definition) is 0. The molecule has 3 nitrogen and oxygen atoms in total. The van der Waals surface area contributed by atoms with Crippen LogP contribution in [0.5, 0.6) is 0 Å². The Bertz CT molecular complexity index is 1180. The van der Waals surface area contributed by atoms with E-state index in [0.29, 0.717) is 0 Å². The lowest BCUT2D eigenvalue weighted by molar-refractivity contribution is -0.693. The third-order valence-corrected chi connectivity index (χ3v) is 5.41. The third kappa shape index (κ3) is 3.16. The second-order valence-electron chi connectivity index (χ2n) is 7.28. The Morgan fingerprint density at radius 1 is 0.821 bits per heavy atom. The van der Waals surface area contributed by atoms with Crippen LogP contribution in [-0.2, 0) is 13.1 Å². The number of fused-ring (bicyclic) bond motifs is 2. The van der Waals surface area contributed by atoms with E-state index in [1.165, 1.54) is 27.5 Å². The van der Waals surface area contributed by atoms with Gasteiger partial charge < -0.3 is 0 Å². The number of imidazole rings is 1. The molecule has 3 aromatic carbocycles. The molecule has 0 unspecified atom stereocenters. The fourth-order valence-corrected chi connectivity index (χ4v) is 3.78. The fraction of sp³-hybridized carbons (Fsp3) is 0.120. The Morgan fingerprint density at radius 2 is 1.57 bits per heavy atom. The molecule has 5 rings (SSSR count). The predicted molar refractivity (Wildman–Crippen MR) is 113 cm³/mol. The monoisotopic (exact) mass is 364 g/mol. The fourth-order valence-electron chi connectivity index (χ4n) is 3.78. The molecule has 136 valence electrons. The standard InChI is InChI=1S/C25H22N3/c1-19-27(17-20-10-11-21-6-2-3-8-23(21)16-20)14-15-28(19)18-24-13-12-22-7-4-5-9-25(22)26-24/h2-16H,17-18H2,1H3/q+1. The number of benzene rings is 3. The maximum Gasteiger partial charge on any atom is 0.253 e. The van der Waals surface area contributed by atoms with Crippen molar-refractivity contribution in [3.8, 4) is 0 Å². The Morgan fingerprint density at radius 3 is 2.46 bits per heavy atom. The van der Waals surface area contributed by atoms with Crippen molar-refractivity contribution in [1.29, 1.82) is 0 Å². The number of para-hydroxylation sites is 1. The van der Waals surface area contributed by atoms with Gasteiger partial charge in [0.2, 0.25) is 0 Å². The first kappa shape index (κ1) is 16.7. The van der Waals surface area contributed by atoms with E-state index in [1.54, 1.807) is 0 Å². The molecule has 0 saturated heterocycles. The summed E-state index contributed by atoms with van der Waals surface area (Å²) < 4.78 is 4.56. The molecule has 3 heteroatoms. The second kappa shape index (κ2) is 6.93. The van der Waals surface area contributed by atoms with Crippen molar-refractivity contribution < 1.29 is 4.57 Å². The van der Waals surface area contributed by atoms with Crippen LogP contribution in [0.2, 0.25) is 0 Å². The summed E-state index contributed by atoms with van der Waals surface area (Å²) in [7, 11) is 0. The first-order valence-corrected chi connectivity index (χ1v) is 9.64. The van der Waals surface area contributed by atoms with Crippen LogP contribution in [0, 0.1) is 6.92 Å². The molecule has 0 aliphatic carbocycles. The summed E-state index contributed by atoms with van der Waals surface area (Å²) in [5.41, 5.74) is 3.44. The summed E-state index contributed by atoms with van der Waals surface area (Å²) in [6.07, 6.45) is 4.30. The van der Waals surface area contributed by atoms with Crippen LogP contribution in [-0.4, -0.2) is 9.55 Å². The molecule has 2 aromatic heterocycles. The van der Waals surface area contributed by atoms with Gasteiger partial charge in [-0.15, -0.1) is 0 Å². The van der Waals surface area contributed by atoms with Crippen LogP contribution in [0.25, 0.3) is 21.7 Å². The Kier molecular flexibility index (Phi) is 4.13. The van der Waals surface area contributed by atoms with E-state index in [4.69, 9.17) is 4.98 Å². The molecule has 0 radical (unpaired) electrons. The number of aromatic nitrogens is 3. The van der Waals surface area contributed by atoms with Gasteiger partial charge in [0.15, 0.2) is 0 Å². The SMILES string of the molecule is Cc1n(Cc2ccc3ccccc3n2)cc[n+]1Cc1ccc2ccccc2c1. The average Bonchev–Trinajstić information content (AvgIpc) is 3.07. The minimum Gasteiger partial charge on any atom is -0.249 e. The minimum absolute atomic E-state index is 0.779. The summed E-state index contributed by atoms with van der Waals surface area (Å²) in [5, 5.41) is 3.76.